The average Bonchev–Trinajstić information content (AvgIpc) is 2.66. The molecule has 1 amide bonds. The fourth-order valence-electron chi connectivity index (χ4n) is 2.12. The molecule has 0 atom stereocenters. The van der Waals surface area contributed by atoms with Crippen molar-refractivity contribution in [3.63, 3.8) is 0 Å². The Kier molecular flexibility index (Phi) is 7.06. The lowest BCUT2D eigenvalue weighted by atomic mass is 10.2. The van der Waals surface area contributed by atoms with Crippen LogP contribution in [0.4, 0.5) is 5.69 Å². The Hall–Kier alpha value is -2.98. The lowest BCUT2D eigenvalue weighted by Crippen LogP contribution is -2.17. The number of nitrogens with one attached hydrogen (secondary N) is 2. The van der Waals surface area contributed by atoms with Crippen LogP contribution in [-0.2, 0) is 11.3 Å². The van der Waals surface area contributed by atoms with Gasteiger partial charge < -0.3 is 20.1 Å². The summed E-state index contributed by atoms with van der Waals surface area (Å²) in [5, 5.41) is 14.9. The number of rotatable bonds is 7. The summed E-state index contributed by atoms with van der Waals surface area (Å²) in [7, 11) is 3.03. The molecule has 7 heteroatoms. The number of hydrogen-bond donors (Lipinski definition) is 2. The zero-order chi connectivity index (χ0) is 18.9. The number of halogens is 1. The third-order valence-electron chi connectivity index (χ3n) is 3.49. The summed E-state index contributed by atoms with van der Waals surface area (Å²) < 4.78 is 11.3. The molecule has 26 heavy (non-hydrogen) atoms. The van der Waals surface area contributed by atoms with Gasteiger partial charge in [0.25, 0.3) is 5.91 Å². The van der Waals surface area contributed by atoms with Gasteiger partial charge in [0, 0.05) is 23.3 Å². The lowest BCUT2D eigenvalue weighted by molar-refractivity contribution is -0.112. The van der Waals surface area contributed by atoms with Crippen molar-refractivity contribution in [1.29, 1.82) is 5.26 Å². The molecule has 134 valence electrons. The number of nitriles is 1. The van der Waals surface area contributed by atoms with Crippen LogP contribution >= 0.6 is 15.9 Å². The van der Waals surface area contributed by atoms with Gasteiger partial charge in [0.1, 0.15) is 23.1 Å². The van der Waals surface area contributed by atoms with E-state index >= 15 is 0 Å². The smallest absolute Gasteiger partial charge is 0.267 e. The van der Waals surface area contributed by atoms with Crippen LogP contribution in [0.2, 0.25) is 0 Å². The van der Waals surface area contributed by atoms with E-state index in [-0.39, 0.29) is 5.57 Å². The molecule has 2 N–H and O–H groups in total. The van der Waals surface area contributed by atoms with Crippen LogP contribution in [0, 0.1) is 11.3 Å². The van der Waals surface area contributed by atoms with Gasteiger partial charge in [-0.3, -0.25) is 4.79 Å². The highest BCUT2D eigenvalue weighted by Crippen LogP contribution is 2.29. The number of benzene rings is 2. The molecule has 0 radical (unpaired) electrons. The topological polar surface area (TPSA) is 83.4 Å². The summed E-state index contributed by atoms with van der Waals surface area (Å²) in [6, 6.07) is 14.6. The van der Waals surface area contributed by atoms with Crippen molar-refractivity contribution in [2.75, 3.05) is 19.5 Å². The molecule has 2 aromatic carbocycles. The van der Waals surface area contributed by atoms with Gasteiger partial charge in [0.05, 0.1) is 19.9 Å². The van der Waals surface area contributed by atoms with E-state index in [2.05, 4.69) is 26.6 Å². The molecule has 0 aliphatic rings. The highest BCUT2D eigenvalue weighted by Gasteiger charge is 2.13. The van der Waals surface area contributed by atoms with E-state index < -0.39 is 5.91 Å². The van der Waals surface area contributed by atoms with Crippen LogP contribution in [0.25, 0.3) is 0 Å². The molecular formula is C19H18BrN3O3. The summed E-state index contributed by atoms with van der Waals surface area (Å²) in [4.78, 5) is 12.4. The maximum atomic E-state index is 12.4. The Bertz CT molecular complexity index is 842. The van der Waals surface area contributed by atoms with Gasteiger partial charge in [-0.1, -0.05) is 28.1 Å². The molecule has 0 spiro atoms. The van der Waals surface area contributed by atoms with E-state index in [1.807, 2.05) is 30.3 Å². The molecular weight excluding hydrogens is 398 g/mol. The third kappa shape index (κ3) is 5.26. The second-order valence-electron chi connectivity index (χ2n) is 5.20. The molecule has 6 nitrogen and oxygen atoms in total. The highest BCUT2D eigenvalue weighted by molar-refractivity contribution is 9.10. The maximum Gasteiger partial charge on any atom is 0.267 e. The van der Waals surface area contributed by atoms with E-state index in [4.69, 9.17) is 9.47 Å². The number of amides is 1. The SMILES string of the molecule is COc1ccc(OC)c(NC(=O)/C(C#N)=C\NCc2ccc(Br)cc2)c1. The molecule has 0 aliphatic carbocycles. The number of methoxy groups -OCH3 is 2. The summed E-state index contributed by atoms with van der Waals surface area (Å²) >= 11 is 3.37. The number of anilines is 1. The normalized spacial score (nSPS) is 10.6. The summed E-state index contributed by atoms with van der Waals surface area (Å²) in [6.07, 6.45) is 1.39. The first-order chi connectivity index (χ1) is 12.6. The van der Waals surface area contributed by atoms with Crippen LogP contribution in [-0.4, -0.2) is 20.1 Å². The quantitative estimate of drug-likeness (QED) is 0.533. The molecule has 2 rings (SSSR count). The number of ether oxygens (including phenoxy) is 2. The van der Waals surface area contributed by atoms with Crippen molar-refractivity contribution in [1.82, 2.24) is 5.32 Å². The van der Waals surface area contributed by atoms with Gasteiger partial charge >= 0.3 is 0 Å². The second-order valence-corrected chi connectivity index (χ2v) is 6.11. The minimum atomic E-state index is -0.539. The van der Waals surface area contributed by atoms with Gasteiger partial charge in [0.2, 0.25) is 0 Å². The Morgan fingerprint density at radius 2 is 1.92 bits per heavy atom. The van der Waals surface area contributed by atoms with E-state index in [9.17, 15) is 10.1 Å². The van der Waals surface area contributed by atoms with Gasteiger partial charge in [-0.25, -0.2) is 0 Å². The molecule has 0 unspecified atom stereocenters. The Labute approximate surface area is 160 Å². The molecule has 0 fully saturated rings. The molecule has 2 aromatic rings. The lowest BCUT2D eigenvalue weighted by Gasteiger charge is -2.11. The Balaban J connectivity index is 2.06. The van der Waals surface area contributed by atoms with Gasteiger partial charge in [-0.2, -0.15) is 5.26 Å². The molecule has 0 saturated heterocycles. The van der Waals surface area contributed by atoms with Crippen LogP contribution in [0.15, 0.2) is 58.7 Å². The molecule has 0 bridgehead atoms. The minimum absolute atomic E-state index is 0.0491. The van der Waals surface area contributed by atoms with Crippen molar-refractivity contribution < 1.29 is 14.3 Å². The average molecular weight is 416 g/mol. The number of hydrogen-bond acceptors (Lipinski definition) is 5. The van der Waals surface area contributed by atoms with E-state index in [1.54, 1.807) is 18.2 Å². The van der Waals surface area contributed by atoms with Gasteiger partial charge in [0.15, 0.2) is 0 Å². The molecule has 0 aliphatic heterocycles. The highest BCUT2D eigenvalue weighted by atomic mass is 79.9. The zero-order valence-corrected chi connectivity index (χ0v) is 16.0. The van der Waals surface area contributed by atoms with Crippen molar-refractivity contribution in [2.45, 2.75) is 6.54 Å². The van der Waals surface area contributed by atoms with Crippen molar-refractivity contribution in [2.24, 2.45) is 0 Å². The molecule has 0 heterocycles. The second kappa shape index (κ2) is 9.49. The van der Waals surface area contributed by atoms with Gasteiger partial charge in [-0.05, 0) is 29.8 Å². The van der Waals surface area contributed by atoms with Crippen LogP contribution in [0.3, 0.4) is 0 Å². The summed E-state index contributed by atoms with van der Waals surface area (Å²) in [5.74, 6) is 0.499. The van der Waals surface area contributed by atoms with E-state index in [0.29, 0.717) is 23.7 Å². The van der Waals surface area contributed by atoms with Crippen molar-refractivity contribution >= 4 is 27.5 Å². The monoisotopic (exact) mass is 415 g/mol. The Morgan fingerprint density at radius 1 is 1.19 bits per heavy atom. The predicted octanol–water partition coefficient (Wildman–Crippen LogP) is 3.60. The number of carbonyl (C=O) groups is 1. The van der Waals surface area contributed by atoms with E-state index in [0.717, 1.165) is 10.0 Å². The van der Waals surface area contributed by atoms with Gasteiger partial charge in [-0.15, -0.1) is 0 Å². The molecule has 0 saturated carbocycles. The van der Waals surface area contributed by atoms with Crippen molar-refractivity contribution in [3.8, 4) is 17.6 Å². The van der Waals surface area contributed by atoms with Crippen LogP contribution in [0.1, 0.15) is 5.56 Å². The summed E-state index contributed by atoms with van der Waals surface area (Å²) in [5.41, 5.74) is 1.40. The first kappa shape index (κ1) is 19.3. The standard InChI is InChI=1S/C19H18BrN3O3/c1-25-16-7-8-18(26-2)17(9-16)23-19(24)14(10-21)12-22-11-13-3-5-15(20)6-4-13/h3-9,12,22H,11H2,1-2H3,(H,23,24)/b14-12-. The number of nitrogens with zero attached hydrogens (tertiary/aromatic N) is 1. The first-order valence-corrected chi connectivity index (χ1v) is 8.48. The number of carbonyl (C=O) groups excluding carboxylic acids is 1. The fraction of sp³-hybridized carbons (Fsp3) is 0.158. The fourth-order valence-corrected chi connectivity index (χ4v) is 2.39. The largest absolute Gasteiger partial charge is 0.497 e. The zero-order valence-electron chi connectivity index (χ0n) is 14.4. The third-order valence-corrected chi connectivity index (χ3v) is 4.01. The van der Waals surface area contributed by atoms with Crippen LogP contribution in [0.5, 0.6) is 11.5 Å². The van der Waals surface area contributed by atoms with Crippen LogP contribution < -0.4 is 20.1 Å². The van der Waals surface area contributed by atoms with E-state index in [1.165, 1.54) is 20.4 Å². The maximum absolute atomic E-state index is 12.4. The first-order valence-electron chi connectivity index (χ1n) is 7.69. The van der Waals surface area contributed by atoms with Crippen molar-refractivity contribution in [3.05, 3.63) is 64.3 Å². The summed E-state index contributed by atoms with van der Waals surface area (Å²) in [6.45, 7) is 0.494. The minimum Gasteiger partial charge on any atom is -0.497 e. The predicted molar refractivity (Wildman–Crippen MR) is 103 cm³/mol. The Morgan fingerprint density at radius 3 is 2.54 bits per heavy atom. The molecule has 0 aromatic heterocycles.